The molecule has 0 saturated carbocycles. The number of amidine groups is 1. The Morgan fingerprint density at radius 1 is 1.26 bits per heavy atom. The minimum Gasteiger partial charge on any atom is -0.388 e. The first kappa shape index (κ1) is 15.7. The third-order valence-electron chi connectivity index (χ3n) is 3.52. The number of rotatable bonds is 5. The van der Waals surface area contributed by atoms with Crippen LogP contribution in [0.4, 0.5) is 0 Å². The Kier molecular flexibility index (Phi) is 5.12. The molecule has 0 spiro atoms. The molecular formula is C16H27N3. The van der Waals surface area contributed by atoms with Crippen LogP contribution in [0.5, 0.6) is 0 Å². The van der Waals surface area contributed by atoms with Crippen LogP contribution in [0.2, 0.25) is 0 Å². The van der Waals surface area contributed by atoms with Crippen molar-refractivity contribution in [2.24, 2.45) is 5.73 Å². The fourth-order valence-electron chi connectivity index (χ4n) is 2.03. The van der Waals surface area contributed by atoms with Gasteiger partial charge in [-0.25, -0.2) is 0 Å². The van der Waals surface area contributed by atoms with Crippen LogP contribution in [0.25, 0.3) is 0 Å². The van der Waals surface area contributed by atoms with E-state index in [2.05, 4.69) is 63.9 Å². The van der Waals surface area contributed by atoms with Gasteiger partial charge in [0.15, 0.2) is 0 Å². The molecule has 3 nitrogen and oxygen atoms in total. The number of nitrogens with zero attached hydrogens (tertiary/aromatic N) is 1. The summed E-state index contributed by atoms with van der Waals surface area (Å²) in [6.07, 6.45) is 0.622. The third kappa shape index (κ3) is 5.03. The summed E-state index contributed by atoms with van der Waals surface area (Å²) in [4.78, 5) is 2.23. The van der Waals surface area contributed by atoms with Crippen LogP contribution in [0, 0.1) is 5.41 Å². The maximum Gasteiger partial charge on any atom is 0.0920 e. The lowest BCUT2D eigenvalue weighted by molar-refractivity contribution is 0.254. The Labute approximate surface area is 117 Å². The molecular weight excluding hydrogens is 234 g/mol. The average Bonchev–Trinajstić information content (AvgIpc) is 2.27. The lowest BCUT2D eigenvalue weighted by Gasteiger charge is -2.25. The van der Waals surface area contributed by atoms with E-state index in [9.17, 15) is 0 Å². The Bertz CT molecular complexity index is 415. The molecule has 3 N–H and O–H groups in total. The van der Waals surface area contributed by atoms with E-state index in [1.165, 1.54) is 11.1 Å². The van der Waals surface area contributed by atoms with Crippen molar-refractivity contribution in [2.45, 2.75) is 52.1 Å². The minimum atomic E-state index is 0.201. The van der Waals surface area contributed by atoms with Crippen molar-refractivity contribution in [2.75, 3.05) is 7.05 Å². The minimum absolute atomic E-state index is 0.201. The first-order valence-corrected chi connectivity index (χ1v) is 6.82. The van der Waals surface area contributed by atoms with Crippen LogP contribution in [-0.4, -0.2) is 23.8 Å². The van der Waals surface area contributed by atoms with E-state index in [-0.39, 0.29) is 11.3 Å². The molecule has 1 aromatic rings. The summed E-state index contributed by atoms with van der Waals surface area (Å²) in [5.41, 5.74) is 8.30. The van der Waals surface area contributed by atoms with E-state index in [1.54, 1.807) is 0 Å². The van der Waals surface area contributed by atoms with Gasteiger partial charge in [-0.1, -0.05) is 45.0 Å². The number of hydrogen-bond donors (Lipinski definition) is 2. The Hall–Kier alpha value is -1.35. The molecule has 0 aliphatic heterocycles. The fraction of sp³-hybridized carbons (Fsp3) is 0.562. The summed E-state index contributed by atoms with van der Waals surface area (Å²) in [7, 11) is 2.07. The summed E-state index contributed by atoms with van der Waals surface area (Å²) in [6, 6.07) is 9.09. The van der Waals surface area contributed by atoms with E-state index in [0.717, 1.165) is 6.54 Å². The van der Waals surface area contributed by atoms with Crippen LogP contribution in [0.3, 0.4) is 0 Å². The van der Waals surface area contributed by atoms with Crippen molar-refractivity contribution >= 4 is 5.84 Å². The highest BCUT2D eigenvalue weighted by Gasteiger charge is 2.14. The van der Waals surface area contributed by atoms with Crippen molar-refractivity contribution in [3.05, 3.63) is 35.4 Å². The lowest BCUT2D eigenvalue weighted by atomic mass is 9.87. The SMILES string of the molecule is CC(CC(=N)N)N(C)Cc1ccc(C(C)(C)C)cc1. The van der Waals surface area contributed by atoms with Gasteiger partial charge in [-0.05, 0) is 30.5 Å². The summed E-state index contributed by atoms with van der Waals surface area (Å²) in [6.45, 7) is 9.67. The van der Waals surface area contributed by atoms with Gasteiger partial charge in [-0.3, -0.25) is 10.3 Å². The second kappa shape index (κ2) is 6.20. The molecule has 0 amide bonds. The van der Waals surface area contributed by atoms with Gasteiger partial charge in [-0.15, -0.1) is 0 Å². The molecule has 106 valence electrons. The van der Waals surface area contributed by atoms with E-state index >= 15 is 0 Å². The zero-order chi connectivity index (χ0) is 14.6. The molecule has 1 rings (SSSR count). The molecule has 0 bridgehead atoms. The van der Waals surface area contributed by atoms with Gasteiger partial charge in [0.1, 0.15) is 0 Å². The predicted octanol–water partition coefficient (Wildman–Crippen LogP) is 3.13. The van der Waals surface area contributed by atoms with Crippen LogP contribution in [-0.2, 0) is 12.0 Å². The monoisotopic (exact) mass is 261 g/mol. The molecule has 0 aliphatic rings. The van der Waals surface area contributed by atoms with Crippen LogP contribution in [0.15, 0.2) is 24.3 Å². The molecule has 1 atom stereocenters. The average molecular weight is 261 g/mol. The molecule has 1 aromatic carbocycles. The standard InChI is InChI=1S/C16H27N3/c1-12(10-15(17)18)19(5)11-13-6-8-14(9-7-13)16(2,3)4/h6-9,12H,10-11H2,1-5H3,(H3,17,18). The highest BCUT2D eigenvalue weighted by atomic mass is 15.1. The normalized spacial score (nSPS) is 13.6. The van der Waals surface area contributed by atoms with Gasteiger partial charge in [0.05, 0.1) is 5.84 Å². The topological polar surface area (TPSA) is 53.1 Å². The maximum atomic E-state index is 7.35. The Morgan fingerprint density at radius 2 is 1.79 bits per heavy atom. The molecule has 0 fully saturated rings. The summed E-state index contributed by atoms with van der Waals surface area (Å²) >= 11 is 0. The zero-order valence-electron chi connectivity index (χ0n) is 12.8. The summed E-state index contributed by atoms with van der Waals surface area (Å²) in [5.74, 6) is 0.252. The predicted molar refractivity (Wildman–Crippen MR) is 82.6 cm³/mol. The number of nitrogens with one attached hydrogen (secondary N) is 1. The van der Waals surface area contributed by atoms with Gasteiger partial charge in [0.25, 0.3) is 0 Å². The van der Waals surface area contributed by atoms with Crippen LogP contribution in [0.1, 0.15) is 45.2 Å². The molecule has 0 aromatic heterocycles. The van der Waals surface area contributed by atoms with Crippen molar-refractivity contribution in [1.29, 1.82) is 5.41 Å². The van der Waals surface area contributed by atoms with Crippen molar-refractivity contribution in [3.8, 4) is 0 Å². The smallest absolute Gasteiger partial charge is 0.0920 e. The molecule has 3 heteroatoms. The van der Waals surface area contributed by atoms with Crippen LogP contribution < -0.4 is 5.73 Å². The Morgan fingerprint density at radius 3 is 2.21 bits per heavy atom. The maximum absolute atomic E-state index is 7.35. The first-order valence-electron chi connectivity index (χ1n) is 6.82. The Balaban J connectivity index is 2.65. The molecule has 0 saturated heterocycles. The number of benzene rings is 1. The van der Waals surface area contributed by atoms with E-state index in [1.807, 2.05) is 0 Å². The summed E-state index contributed by atoms with van der Waals surface area (Å²) in [5, 5.41) is 7.35. The second-order valence-electron chi connectivity index (χ2n) is 6.44. The van der Waals surface area contributed by atoms with Gasteiger partial charge < -0.3 is 5.73 Å². The van der Waals surface area contributed by atoms with Gasteiger partial charge in [0, 0.05) is 19.0 Å². The number of nitrogens with two attached hydrogens (primary N) is 1. The summed E-state index contributed by atoms with van der Waals surface area (Å²) < 4.78 is 0. The molecule has 0 aliphatic carbocycles. The highest BCUT2D eigenvalue weighted by molar-refractivity contribution is 5.77. The molecule has 19 heavy (non-hydrogen) atoms. The molecule has 1 unspecified atom stereocenters. The second-order valence-corrected chi connectivity index (χ2v) is 6.44. The largest absolute Gasteiger partial charge is 0.388 e. The van der Waals surface area contributed by atoms with Crippen molar-refractivity contribution in [3.63, 3.8) is 0 Å². The van der Waals surface area contributed by atoms with Crippen molar-refractivity contribution < 1.29 is 0 Å². The van der Waals surface area contributed by atoms with Crippen molar-refractivity contribution in [1.82, 2.24) is 4.90 Å². The van der Waals surface area contributed by atoms with Gasteiger partial charge in [0.2, 0.25) is 0 Å². The van der Waals surface area contributed by atoms with E-state index in [4.69, 9.17) is 11.1 Å². The quantitative estimate of drug-likeness (QED) is 0.632. The van der Waals surface area contributed by atoms with E-state index < -0.39 is 0 Å². The molecule has 0 heterocycles. The van der Waals surface area contributed by atoms with Gasteiger partial charge >= 0.3 is 0 Å². The number of hydrogen-bond acceptors (Lipinski definition) is 2. The molecule has 0 radical (unpaired) electrons. The fourth-order valence-corrected chi connectivity index (χ4v) is 2.03. The zero-order valence-corrected chi connectivity index (χ0v) is 12.8. The first-order chi connectivity index (χ1) is 8.70. The van der Waals surface area contributed by atoms with Gasteiger partial charge in [-0.2, -0.15) is 0 Å². The third-order valence-corrected chi connectivity index (χ3v) is 3.52. The highest BCUT2D eigenvalue weighted by Crippen LogP contribution is 2.22. The lowest BCUT2D eigenvalue weighted by Crippen LogP contribution is -2.32. The van der Waals surface area contributed by atoms with E-state index in [0.29, 0.717) is 12.5 Å². The van der Waals surface area contributed by atoms with Crippen LogP contribution >= 0.6 is 0 Å².